The van der Waals surface area contributed by atoms with Gasteiger partial charge in [0.2, 0.25) is 0 Å². The molecule has 1 atom stereocenters. The minimum Gasteiger partial charge on any atom is -0.369 e. The smallest absolute Gasteiger partial charge is 0.0399 e. The molecule has 0 aromatic heterocycles. The zero-order valence-corrected chi connectivity index (χ0v) is 13.9. The first-order valence-electron chi connectivity index (χ1n) is 8.39. The van der Waals surface area contributed by atoms with Gasteiger partial charge in [0.1, 0.15) is 0 Å². The van der Waals surface area contributed by atoms with Crippen molar-refractivity contribution >= 4 is 5.69 Å². The fourth-order valence-corrected chi connectivity index (χ4v) is 3.31. The lowest BCUT2D eigenvalue weighted by Gasteiger charge is -2.38. The number of hydrogen-bond acceptors (Lipinski definition) is 3. The lowest BCUT2D eigenvalue weighted by atomic mass is 10.0. The van der Waals surface area contributed by atoms with E-state index >= 15 is 0 Å². The fraction of sp³-hybridized carbons (Fsp3) is 0.667. The Morgan fingerprint density at radius 3 is 2.48 bits per heavy atom. The molecule has 1 fully saturated rings. The molecule has 0 spiro atoms. The number of benzene rings is 1. The first kappa shape index (κ1) is 16.3. The molecular weight excluding hydrogens is 258 g/mol. The Morgan fingerprint density at radius 2 is 1.86 bits per heavy atom. The third-order valence-corrected chi connectivity index (χ3v) is 4.84. The molecule has 21 heavy (non-hydrogen) atoms. The van der Waals surface area contributed by atoms with Crippen LogP contribution in [0.3, 0.4) is 0 Å². The van der Waals surface area contributed by atoms with Crippen molar-refractivity contribution in [3.8, 4) is 0 Å². The Kier molecular flexibility index (Phi) is 6.07. The first-order valence-corrected chi connectivity index (χ1v) is 8.39. The van der Waals surface area contributed by atoms with Crippen LogP contribution >= 0.6 is 0 Å². The molecule has 3 heteroatoms. The highest BCUT2D eigenvalue weighted by Crippen LogP contribution is 2.24. The molecule has 1 aliphatic heterocycles. The van der Waals surface area contributed by atoms with E-state index < -0.39 is 0 Å². The minimum atomic E-state index is 0.669. The van der Waals surface area contributed by atoms with E-state index in [1.165, 1.54) is 36.2 Å². The molecule has 0 bridgehead atoms. The van der Waals surface area contributed by atoms with Crippen LogP contribution in [0.5, 0.6) is 0 Å². The number of rotatable bonds is 6. The summed E-state index contributed by atoms with van der Waals surface area (Å²) in [7, 11) is 0. The van der Waals surface area contributed by atoms with E-state index in [4.69, 9.17) is 5.73 Å². The number of nitrogens with two attached hydrogens (primary N) is 1. The third kappa shape index (κ3) is 4.21. The van der Waals surface area contributed by atoms with E-state index in [1.807, 2.05) is 0 Å². The van der Waals surface area contributed by atoms with Crippen LogP contribution in [0.2, 0.25) is 0 Å². The highest BCUT2D eigenvalue weighted by molar-refractivity contribution is 5.56. The maximum Gasteiger partial charge on any atom is 0.0399 e. The molecule has 3 nitrogen and oxygen atoms in total. The number of hydrogen-bond donors (Lipinski definition) is 1. The monoisotopic (exact) mass is 289 g/mol. The first-order chi connectivity index (χ1) is 10.2. The van der Waals surface area contributed by atoms with Crippen LogP contribution in [0.25, 0.3) is 0 Å². The Hall–Kier alpha value is -1.06. The van der Waals surface area contributed by atoms with E-state index in [0.29, 0.717) is 5.92 Å². The highest BCUT2D eigenvalue weighted by atomic mass is 15.3. The lowest BCUT2D eigenvalue weighted by Crippen LogP contribution is -2.48. The molecule has 1 heterocycles. The summed E-state index contributed by atoms with van der Waals surface area (Å²) >= 11 is 0. The van der Waals surface area contributed by atoms with Gasteiger partial charge in [0.25, 0.3) is 0 Å². The van der Waals surface area contributed by atoms with Crippen LogP contribution in [-0.2, 0) is 0 Å². The second-order valence-electron chi connectivity index (χ2n) is 6.40. The molecular formula is C18H31N3. The quantitative estimate of drug-likeness (QED) is 0.874. The zero-order chi connectivity index (χ0) is 15.2. The van der Waals surface area contributed by atoms with Gasteiger partial charge in [-0.2, -0.15) is 0 Å². The van der Waals surface area contributed by atoms with Gasteiger partial charge in [0, 0.05) is 38.4 Å². The summed E-state index contributed by atoms with van der Waals surface area (Å²) in [5, 5.41) is 0. The zero-order valence-electron chi connectivity index (χ0n) is 13.9. The molecule has 2 rings (SSSR count). The Labute approximate surface area is 130 Å². The van der Waals surface area contributed by atoms with E-state index in [9.17, 15) is 0 Å². The summed E-state index contributed by atoms with van der Waals surface area (Å²) in [5.74, 6) is 0.669. The summed E-state index contributed by atoms with van der Waals surface area (Å²) in [5.41, 5.74) is 10.1. The van der Waals surface area contributed by atoms with Gasteiger partial charge >= 0.3 is 0 Å². The van der Waals surface area contributed by atoms with Crippen LogP contribution < -0.4 is 10.6 Å². The van der Waals surface area contributed by atoms with Gasteiger partial charge in [-0.3, -0.25) is 4.90 Å². The van der Waals surface area contributed by atoms with Crippen molar-refractivity contribution in [2.45, 2.75) is 33.6 Å². The SMILES string of the molecule is CCCC(CN)CN1CCN(c2cccc(C)c2C)CC1. The van der Waals surface area contributed by atoms with Gasteiger partial charge in [0.05, 0.1) is 0 Å². The summed E-state index contributed by atoms with van der Waals surface area (Å²) in [4.78, 5) is 5.13. The number of aryl methyl sites for hydroxylation is 1. The van der Waals surface area contributed by atoms with Gasteiger partial charge in [-0.05, 0) is 49.9 Å². The fourth-order valence-electron chi connectivity index (χ4n) is 3.31. The predicted octanol–water partition coefficient (Wildman–Crippen LogP) is 2.80. The van der Waals surface area contributed by atoms with Gasteiger partial charge in [0.15, 0.2) is 0 Å². The molecule has 0 radical (unpaired) electrons. The lowest BCUT2D eigenvalue weighted by molar-refractivity contribution is 0.214. The Balaban J connectivity index is 1.89. The molecule has 0 amide bonds. The van der Waals surface area contributed by atoms with E-state index in [2.05, 4.69) is 48.8 Å². The van der Waals surface area contributed by atoms with Crippen molar-refractivity contribution in [3.05, 3.63) is 29.3 Å². The van der Waals surface area contributed by atoms with Crippen molar-refractivity contribution in [2.75, 3.05) is 44.2 Å². The number of piperazine rings is 1. The third-order valence-electron chi connectivity index (χ3n) is 4.84. The summed E-state index contributed by atoms with van der Waals surface area (Å²) in [6.45, 7) is 13.3. The topological polar surface area (TPSA) is 32.5 Å². The summed E-state index contributed by atoms with van der Waals surface area (Å²) in [6.07, 6.45) is 2.50. The molecule has 0 aliphatic carbocycles. The van der Waals surface area contributed by atoms with Crippen molar-refractivity contribution in [3.63, 3.8) is 0 Å². The van der Waals surface area contributed by atoms with Crippen LogP contribution in [0, 0.1) is 19.8 Å². The highest BCUT2D eigenvalue weighted by Gasteiger charge is 2.20. The van der Waals surface area contributed by atoms with Gasteiger partial charge < -0.3 is 10.6 Å². The van der Waals surface area contributed by atoms with Crippen molar-refractivity contribution in [1.82, 2.24) is 4.90 Å². The normalized spacial score (nSPS) is 18.0. The van der Waals surface area contributed by atoms with Gasteiger partial charge in [-0.1, -0.05) is 25.5 Å². The van der Waals surface area contributed by atoms with Crippen molar-refractivity contribution < 1.29 is 0 Å². The molecule has 1 aromatic carbocycles. The van der Waals surface area contributed by atoms with Gasteiger partial charge in [-0.25, -0.2) is 0 Å². The van der Waals surface area contributed by atoms with Crippen LogP contribution in [-0.4, -0.2) is 44.2 Å². The summed E-state index contributed by atoms with van der Waals surface area (Å²) in [6, 6.07) is 6.64. The maximum absolute atomic E-state index is 5.89. The average molecular weight is 289 g/mol. The molecule has 2 N–H and O–H groups in total. The average Bonchev–Trinajstić information content (AvgIpc) is 2.50. The predicted molar refractivity (Wildman–Crippen MR) is 92.0 cm³/mol. The second-order valence-corrected chi connectivity index (χ2v) is 6.40. The Bertz CT molecular complexity index is 436. The number of anilines is 1. The molecule has 1 aromatic rings. The van der Waals surface area contributed by atoms with Crippen LogP contribution in [0.15, 0.2) is 18.2 Å². The molecule has 1 aliphatic rings. The van der Waals surface area contributed by atoms with E-state index in [1.54, 1.807) is 0 Å². The Morgan fingerprint density at radius 1 is 1.14 bits per heavy atom. The molecule has 1 saturated heterocycles. The van der Waals surface area contributed by atoms with Crippen LogP contribution in [0.1, 0.15) is 30.9 Å². The maximum atomic E-state index is 5.89. The van der Waals surface area contributed by atoms with Crippen LogP contribution in [0.4, 0.5) is 5.69 Å². The van der Waals surface area contributed by atoms with Crippen molar-refractivity contribution in [1.29, 1.82) is 0 Å². The largest absolute Gasteiger partial charge is 0.369 e. The van der Waals surface area contributed by atoms with Gasteiger partial charge in [-0.15, -0.1) is 0 Å². The van der Waals surface area contributed by atoms with E-state index in [-0.39, 0.29) is 0 Å². The summed E-state index contributed by atoms with van der Waals surface area (Å²) < 4.78 is 0. The standard InChI is InChI=1S/C18H31N3/c1-4-6-17(13-19)14-20-9-11-21(12-10-20)18-8-5-7-15(2)16(18)3/h5,7-8,17H,4,6,9-14,19H2,1-3H3. The molecule has 1 unspecified atom stereocenters. The number of nitrogens with zero attached hydrogens (tertiary/aromatic N) is 2. The molecule has 0 saturated carbocycles. The molecule has 118 valence electrons. The minimum absolute atomic E-state index is 0.669. The van der Waals surface area contributed by atoms with E-state index in [0.717, 1.165) is 32.7 Å². The second kappa shape index (κ2) is 7.81. The van der Waals surface area contributed by atoms with Crippen molar-refractivity contribution in [2.24, 2.45) is 11.7 Å².